The number of hydrogen-bond donors (Lipinski definition) is 1. The standard InChI is InChI=1S/C9H10F4O3S/c10-8(11,9(12,13)17(14,15)16)7-4-5-1-2-6(7)3-5/h1-2,5-7H,3-4H2,(H,14,15,16). The molecule has 3 nitrogen and oxygen atoms in total. The Morgan fingerprint density at radius 3 is 2.06 bits per heavy atom. The van der Waals surface area contributed by atoms with E-state index in [9.17, 15) is 26.0 Å². The zero-order valence-corrected chi connectivity index (χ0v) is 9.30. The predicted octanol–water partition coefficient (Wildman–Crippen LogP) is 2.31. The highest BCUT2D eigenvalue weighted by molar-refractivity contribution is 7.87. The minimum atomic E-state index is -6.12. The lowest BCUT2D eigenvalue weighted by Crippen LogP contribution is -2.52. The summed E-state index contributed by atoms with van der Waals surface area (Å²) < 4.78 is 82.2. The van der Waals surface area contributed by atoms with Gasteiger partial charge < -0.3 is 0 Å². The maximum Gasteiger partial charge on any atom is 0.431 e. The van der Waals surface area contributed by atoms with Gasteiger partial charge in [-0.05, 0) is 24.7 Å². The van der Waals surface area contributed by atoms with Crippen molar-refractivity contribution in [2.24, 2.45) is 17.8 Å². The van der Waals surface area contributed by atoms with Gasteiger partial charge in [0.2, 0.25) is 0 Å². The van der Waals surface area contributed by atoms with Crippen LogP contribution < -0.4 is 0 Å². The molecule has 3 atom stereocenters. The SMILES string of the molecule is O=S(=O)(O)C(F)(F)C(F)(F)C1CC2C=CC1C2. The molecule has 0 radical (unpaired) electrons. The molecule has 0 aromatic heterocycles. The average Bonchev–Trinajstić information content (AvgIpc) is 2.76. The summed E-state index contributed by atoms with van der Waals surface area (Å²) >= 11 is 0. The topological polar surface area (TPSA) is 54.4 Å². The van der Waals surface area contributed by atoms with Crippen molar-refractivity contribution in [2.45, 2.75) is 24.0 Å². The monoisotopic (exact) mass is 274 g/mol. The zero-order valence-electron chi connectivity index (χ0n) is 8.48. The molecule has 0 saturated heterocycles. The summed E-state index contributed by atoms with van der Waals surface area (Å²) in [5.74, 6) is -7.45. The molecular weight excluding hydrogens is 264 g/mol. The molecule has 8 heteroatoms. The van der Waals surface area contributed by atoms with Crippen molar-refractivity contribution in [3.8, 4) is 0 Å². The van der Waals surface area contributed by atoms with E-state index in [1.54, 1.807) is 6.08 Å². The Morgan fingerprint density at radius 2 is 1.71 bits per heavy atom. The van der Waals surface area contributed by atoms with Crippen LogP contribution in [0.3, 0.4) is 0 Å². The van der Waals surface area contributed by atoms with Crippen LogP contribution in [-0.2, 0) is 10.1 Å². The van der Waals surface area contributed by atoms with Crippen molar-refractivity contribution in [3.63, 3.8) is 0 Å². The highest BCUT2D eigenvalue weighted by Crippen LogP contribution is 2.55. The fraction of sp³-hybridized carbons (Fsp3) is 0.778. The molecule has 0 spiro atoms. The Morgan fingerprint density at radius 1 is 1.12 bits per heavy atom. The molecule has 2 bridgehead atoms. The van der Waals surface area contributed by atoms with E-state index in [-0.39, 0.29) is 12.3 Å². The molecule has 0 aromatic rings. The summed E-state index contributed by atoms with van der Waals surface area (Å²) in [7, 11) is -6.12. The summed E-state index contributed by atoms with van der Waals surface area (Å²) in [4.78, 5) is 0. The zero-order chi connectivity index (χ0) is 13.1. The summed E-state index contributed by atoms with van der Waals surface area (Å²) in [5.41, 5.74) is 0. The smallest absolute Gasteiger partial charge is 0.281 e. The molecular formula is C9H10F4O3S. The third-order valence-corrected chi connectivity index (χ3v) is 4.38. The molecule has 0 aromatic carbocycles. The van der Waals surface area contributed by atoms with Crippen LogP contribution in [0.1, 0.15) is 12.8 Å². The molecule has 3 unspecified atom stereocenters. The first-order chi connectivity index (χ1) is 7.57. The van der Waals surface area contributed by atoms with E-state index in [4.69, 9.17) is 4.55 Å². The highest BCUT2D eigenvalue weighted by Gasteiger charge is 2.71. The van der Waals surface area contributed by atoms with Gasteiger partial charge in [-0.1, -0.05) is 12.2 Å². The van der Waals surface area contributed by atoms with Gasteiger partial charge >= 0.3 is 21.3 Å². The third-order valence-electron chi connectivity index (χ3n) is 3.46. The Hall–Kier alpha value is -0.630. The summed E-state index contributed by atoms with van der Waals surface area (Å²) in [5, 5.41) is -5.44. The molecule has 0 heterocycles. The maximum absolute atomic E-state index is 13.5. The summed E-state index contributed by atoms with van der Waals surface area (Å²) in [6, 6.07) is 0. The van der Waals surface area contributed by atoms with E-state index in [2.05, 4.69) is 0 Å². The normalized spacial score (nSPS) is 33.4. The summed E-state index contributed by atoms with van der Waals surface area (Å²) in [6.45, 7) is 0. The Labute approximate surface area is 95.2 Å². The van der Waals surface area contributed by atoms with E-state index in [1.165, 1.54) is 6.08 Å². The maximum atomic E-state index is 13.5. The molecule has 0 aliphatic heterocycles. The highest BCUT2D eigenvalue weighted by atomic mass is 32.2. The number of halogens is 4. The van der Waals surface area contributed by atoms with E-state index < -0.39 is 33.1 Å². The second kappa shape index (κ2) is 3.44. The van der Waals surface area contributed by atoms with Gasteiger partial charge in [-0.3, -0.25) is 4.55 Å². The first kappa shape index (κ1) is 12.8. The average molecular weight is 274 g/mol. The van der Waals surface area contributed by atoms with Gasteiger partial charge in [-0.2, -0.15) is 26.0 Å². The minimum absolute atomic E-state index is 0.181. The van der Waals surface area contributed by atoms with Gasteiger partial charge in [0.05, 0.1) is 0 Å². The lowest BCUT2D eigenvalue weighted by atomic mass is 9.87. The van der Waals surface area contributed by atoms with Gasteiger partial charge in [0.15, 0.2) is 0 Å². The van der Waals surface area contributed by atoms with Crippen LogP contribution in [0.25, 0.3) is 0 Å². The molecule has 17 heavy (non-hydrogen) atoms. The lowest BCUT2D eigenvalue weighted by molar-refractivity contribution is -0.197. The quantitative estimate of drug-likeness (QED) is 0.488. The number of fused-ring (bicyclic) bond motifs is 2. The Balaban J connectivity index is 2.34. The van der Waals surface area contributed by atoms with E-state index in [0.29, 0.717) is 6.42 Å². The van der Waals surface area contributed by atoms with E-state index in [0.717, 1.165) is 0 Å². The molecule has 2 aliphatic rings. The molecule has 0 amide bonds. The van der Waals surface area contributed by atoms with Crippen LogP contribution >= 0.6 is 0 Å². The van der Waals surface area contributed by atoms with Crippen LogP contribution in [0.2, 0.25) is 0 Å². The number of hydrogen-bond acceptors (Lipinski definition) is 2. The van der Waals surface area contributed by atoms with Crippen molar-refractivity contribution in [1.82, 2.24) is 0 Å². The molecule has 2 aliphatic carbocycles. The van der Waals surface area contributed by atoms with Crippen molar-refractivity contribution in [2.75, 3.05) is 0 Å². The van der Waals surface area contributed by atoms with Crippen LogP contribution in [-0.4, -0.2) is 24.1 Å². The molecule has 1 saturated carbocycles. The second-order valence-corrected chi connectivity index (χ2v) is 5.96. The molecule has 98 valence electrons. The fourth-order valence-corrected chi connectivity index (χ4v) is 3.08. The summed E-state index contributed by atoms with van der Waals surface area (Å²) in [6.07, 6.45) is 3.23. The van der Waals surface area contributed by atoms with Crippen LogP contribution in [0.15, 0.2) is 12.2 Å². The van der Waals surface area contributed by atoms with Crippen molar-refractivity contribution in [1.29, 1.82) is 0 Å². The van der Waals surface area contributed by atoms with Gasteiger partial charge in [0.1, 0.15) is 0 Å². The van der Waals surface area contributed by atoms with Crippen LogP contribution in [0.4, 0.5) is 17.6 Å². The number of allylic oxidation sites excluding steroid dienone is 2. The molecule has 1 N–H and O–H groups in total. The van der Waals surface area contributed by atoms with Crippen LogP contribution in [0.5, 0.6) is 0 Å². The Bertz CT molecular complexity index is 457. The fourth-order valence-electron chi connectivity index (χ4n) is 2.59. The van der Waals surface area contributed by atoms with Gasteiger partial charge in [0, 0.05) is 5.92 Å². The minimum Gasteiger partial charge on any atom is -0.281 e. The number of alkyl halides is 4. The van der Waals surface area contributed by atoms with Gasteiger partial charge in [0.25, 0.3) is 0 Å². The molecule has 1 fully saturated rings. The van der Waals surface area contributed by atoms with Crippen molar-refractivity contribution in [3.05, 3.63) is 12.2 Å². The largest absolute Gasteiger partial charge is 0.431 e. The Kier molecular flexibility index (Phi) is 2.59. The van der Waals surface area contributed by atoms with Crippen molar-refractivity contribution < 1.29 is 30.5 Å². The predicted molar refractivity (Wildman–Crippen MR) is 50.3 cm³/mol. The van der Waals surface area contributed by atoms with E-state index in [1.807, 2.05) is 0 Å². The first-order valence-electron chi connectivity index (χ1n) is 4.98. The second-order valence-electron chi connectivity index (χ2n) is 4.50. The number of rotatable bonds is 3. The first-order valence-corrected chi connectivity index (χ1v) is 6.42. The lowest BCUT2D eigenvalue weighted by Gasteiger charge is -2.32. The third kappa shape index (κ3) is 1.69. The van der Waals surface area contributed by atoms with Crippen LogP contribution in [0, 0.1) is 17.8 Å². The van der Waals surface area contributed by atoms with Gasteiger partial charge in [-0.15, -0.1) is 0 Å². The van der Waals surface area contributed by atoms with Crippen molar-refractivity contribution >= 4 is 10.1 Å². The van der Waals surface area contributed by atoms with Gasteiger partial charge in [-0.25, -0.2) is 0 Å². The van der Waals surface area contributed by atoms with E-state index >= 15 is 0 Å². The molecule has 2 rings (SSSR count).